The van der Waals surface area contributed by atoms with E-state index in [1.54, 1.807) is 6.08 Å². The predicted octanol–water partition coefficient (Wildman–Crippen LogP) is 6.41. The average Bonchev–Trinajstić information content (AvgIpc) is 3.00. The molecule has 2 aromatic rings. The molecule has 0 saturated carbocycles. The van der Waals surface area contributed by atoms with Crippen molar-refractivity contribution in [3.05, 3.63) is 61.6 Å². The Morgan fingerprint density at radius 2 is 1.84 bits per heavy atom. The van der Waals surface area contributed by atoms with Gasteiger partial charge in [-0.2, -0.15) is 0 Å². The van der Waals surface area contributed by atoms with Gasteiger partial charge in [0.05, 0.1) is 15.1 Å². The molecule has 3 rings (SSSR count). The van der Waals surface area contributed by atoms with E-state index in [4.69, 9.17) is 9.47 Å². The van der Waals surface area contributed by atoms with E-state index in [0.717, 1.165) is 39.3 Å². The second kappa shape index (κ2) is 11.0. The van der Waals surface area contributed by atoms with E-state index in [1.165, 1.54) is 10.5 Å². The quantitative estimate of drug-likeness (QED) is 0.266. The molecule has 0 aromatic heterocycles. The molecule has 31 heavy (non-hydrogen) atoms. The number of aryl methyl sites for hydroxylation is 1. The largest absolute Gasteiger partial charge is 0.490 e. The van der Waals surface area contributed by atoms with Crippen LogP contribution in [0.15, 0.2) is 41.3 Å². The number of rotatable bonds is 9. The lowest BCUT2D eigenvalue weighted by atomic mass is 10.1. The number of amides is 2. The van der Waals surface area contributed by atoms with Crippen LogP contribution in [0.25, 0.3) is 6.08 Å². The molecule has 1 heterocycles. The van der Waals surface area contributed by atoms with Crippen molar-refractivity contribution in [2.75, 3.05) is 13.2 Å². The first-order chi connectivity index (χ1) is 14.9. The molecule has 0 radical (unpaired) electrons. The highest BCUT2D eigenvalue weighted by Gasteiger charge is 2.34. The SMILES string of the molecule is CCCCN1C(=O)S/C(=C\c2cc(I)c(OCc3ccc(C)cc3)c(OCC)c2)C1=O. The summed E-state index contributed by atoms with van der Waals surface area (Å²) in [6, 6.07) is 12.0. The first-order valence-electron chi connectivity index (χ1n) is 10.3. The van der Waals surface area contributed by atoms with Crippen LogP contribution in [0, 0.1) is 10.5 Å². The number of halogens is 1. The molecule has 7 heteroatoms. The number of hydrogen-bond donors (Lipinski definition) is 0. The number of thioether (sulfide) groups is 1. The molecule has 2 amide bonds. The van der Waals surface area contributed by atoms with Crippen LogP contribution in [0.2, 0.25) is 0 Å². The van der Waals surface area contributed by atoms with Crippen LogP contribution in [0.5, 0.6) is 11.5 Å². The van der Waals surface area contributed by atoms with Crippen LogP contribution < -0.4 is 9.47 Å². The minimum atomic E-state index is -0.226. The third-order valence-electron chi connectivity index (χ3n) is 4.74. The summed E-state index contributed by atoms with van der Waals surface area (Å²) in [6.07, 6.45) is 3.50. The van der Waals surface area contributed by atoms with Crippen molar-refractivity contribution >= 4 is 51.6 Å². The molecule has 164 valence electrons. The Morgan fingerprint density at radius 1 is 1.10 bits per heavy atom. The van der Waals surface area contributed by atoms with Crippen molar-refractivity contribution < 1.29 is 19.1 Å². The van der Waals surface area contributed by atoms with E-state index in [2.05, 4.69) is 41.6 Å². The Bertz CT molecular complexity index is 988. The fourth-order valence-electron chi connectivity index (χ4n) is 3.07. The van der Waals surface area contributed by atoms with Gasteiger partial charge in [-0.25, -0.2) is 0 Å². The van der Waals surface area contributed by atoms with Crippen molar-refractivity contribution in [3.8, 4) is 11.5 Å². The summed E-state index contributed by atoms with van der Waals surface area (Å²) in [6.45, 7) is 7.40. The van der Waals surface area contributed by atoms with Crippen molar-refractivity contribution in [1.29, 1.82) is 0 Å². The summed E-state index contributed by atoms with van der Waals surface area (Å²) in [7, 11) is 0. The maximum Gasteiger partial charge on any atom is 0.293 e. The van der Waals surface area contributed by atoms with E-state index >= 15 is 0 Å². The molecule has 0 spiro atoms. The first kappa shape index (κ1) is 23.7. The van der Waals surface area contributed by atoms with Crippen molar-refractivity contribution in [1.82, 2.24) is 4.90 Å². The molecule has 0 N–H and O–H groups in total. The van der Waals surface area contributed by atoms with Crippen LogP contribution >= 0.6 is 34.4 Å². The minimum absolute atomic E-state index is 0.206. The molecule has 1 saturated heterocycles. The van der Waals surface area contributed by atoms with Gasteiger partial charge in [-0.1, -0.05) is 43.2 Å². The summed E-state index contributed by atoms with van der Waals surface area (Å²) in [5.41, 5.74) is 3.09. The molecule has 0 bridgehead atoms. The monoisotopic (exact) mass is 551 g/mol. The highest BCUT2D eigenvalue weighted by molar-refractivity contribution is 14.1. The molecular formula is C24H26INO4S. The normalized spacial score (nSPS) is 15.1. The van der Waals surface area contributed by atoms with Crippen LogP contribution in [-0.2, 0) is 11.4 Å². The van der Waals surface area contributed by atoms with Gasteiger partial charge in [-0.3, -0.25) is 14.5 Å². The number of carbonyl (C=O) groups is 2. The van der Waals surface area contributed by atoms with Gasteiger partial charge < -0.3 is 9.47 Å². The molecule has 1 aliphatic rings. The van der Waals surface area contributed by atoms with Gasteiger partial charge in [0, 0.05) is 6.54 Å². The van der Waals surface area contributed by atoms with E-state index in [9.17, 15) is 9.59 Å². The Morgan fingerprint density at radius 3 is 2.52 bits per heavy atom. The van der Waals surface area contributed by atoms with Gasteiger partial charge in [0.15, 0.2) is 11.5 Å². The van der Waals surface area contributed by atoms with Crippen LogP contribution in [0.1, 0.15) is 43.4 Å². The fourth-order valence-corrected chi connectivity index (χ4v) is 4.72. The molecule has 0 aliphatic carbocycles. The number of imide groups is 1. The predicted molar refractivity (Wildman–Crippen MR) is 133 cm³/mol. The van der Waals surface area contributed by atoms with Crippen LogP contribution in [0.4, 0.5) is 4.79 Å². The van der Waals surface area contributed by atoms with Gasteiger partial charge in [-0.05, 0) is 84.0 Å². The topological polar surface area (TPSA) is 55.8 Å². The Balaban J connectivity index is 1.82. The highest BCUT2D eigenvalue weighted by atomic mass is 127. The smallest absolute Gasteiger partial charge is 0.293 e. The van der Waals surface area contributed by atoms with Crippen molar-refractivity contribution in [2.45, 2.75) is 40.2 Å². The Labute approximate surface area is 201 Å². The molecule has 0 atom stereocenters. The van der Waals surface area contributed by atoms with Gasteiger partial charge in [0.2, 0.25) is 0 Å². The Hall–Kier alpha value is -2.00. The maximum absolute atomic E-state index is 12.6. The molecule has 5 nitrogen and oxygen atoms in total. The molecular weight excluding hydrogens is 525 g/mol. The zero-order valence-electron chi connectivity index (χ0n) is 17.9. The summed E-state index contributed by atoms with van der Waals surface area (Å²) >= 11 is 3.20. The van der Waals surface area contributed by atoms with Gasteiger partial charge >= 0.3 is 0 Å². The third kappa shape index (κ3) is 6.04. The summed E-state index contributed by atoms with van der Waals surface area (Å²) in [4.78, 5) is 26.6. The first-order valence-corrected chi connectivity index (χ1v) is 12.2. The lowest BCUT2D eigenvalue weighted by Crippen LogP contribution is -2.29. The lowest BCUT2D eigenvalue weighted by molar-refractivity contribution is -0.122. The number of unbranched alkanes of at least 4 members (excludes halogenated alkanes) is 1. The molecule has 1 aliphatic heterocycles. The van der Waals surface area contributed by atoms with E-state index in [-0.39, 0.29) is 11.1 Å². The second-order valence-electron chi connectivity index (χ2n) is 7.22. The maximum atomic E-state index is 12.6. The van der Waals surface area contributed by atoms with Gasteiger partial charge in [0.25, 0.3) is 11.1 Å². The second-order valence-corrected chi connectivity index (χ2v) is 9.38. The minimum Gasteiger partial charge on any atom is -0.490 e. The number of benzene rings is 2. The lowest BCUT2D eigenvalue weighted by Gasteiger charge is -2.15. The van der Waals surface area contributed by atoms with Crippen LogP contribution in [0.3, 0.4) is 0 Å². The summed E-state index contributed by atoms with van der Waals surface area (Å²) in [5, 5.41) is -0.206. The molecule has 0 unspecified atom stereocenters. The highest BCUT2D eigenvalue weighted by Crippen LogP contribution is 2.38. The zero-order chi connectivity index (χ0) is 22.4. The van der Waals surface area contributed by atoms with E-state index in [0.29, 0.717) is 36.2 Å². The van der Waals surface area contributed by atoms with Gasteiger partial charge in [0.1, 0.15) is 6.61 Å². The van der Waals surface area contributed by atoms with Crippen molar-refractivity contribution in [2.24, 2.45) is 0 Å². The fraction of sp³-hybridized carbons (Fsp3) is 0.333. The zero-order valence-corrected chi connectivity index (χ0v) is 20.9. The average molecular weight is 551 g/mol. The van der Waals surface area contributed by atoms with E-state index < -0.39 is 0 Å². The summed E-state index contributed by atoms with van der Waals surface area (Å²) < 4.78 is 12.8. The number of nitrogens with zero attached hydrogens (tertiary/aromatic N) is 1. The third-order valence-corrected chi connectivity index (χ3v) is 6.45. The van der Waals surface area contributed by atoms with Crippen LogP contribution in [-0.4, -0.2) is 29.2 Å². The number of hydrogen-bond acceptors (Lipinski definition) is 5. The molecule has 1 fully saturated rings. The number of carbonyl (C=O) groups excluding carboxylic acids is 2. The summed E-state index contributed by atoms with van der Waals surface area (Å²) in [5.74, 6) is 1.07. The number of ether oxygens (including phenoxy) is 2. The van der Waals surface area contributed by atoms with Crippen molar-refractivity contribution in [3.63, 3.8) is 0 Å². The van der Waals surface area contributed by atoms with Gasteiger partial charge in [-0.15, -0.1) is 0 Å². The Kier molecular flexibility index (Phi) is 8.43. The standard InChI is InChI=1S/C24H26INO4S/c1-4-6-11-26-23(27)21(31-24(26)28)14-18-12-19(25)22(20(13-18)29-5-2)30-15-17-9-7-16(3)8-10-17/h7-10,12-14H,4-6,11,15H2,1-3H3/b21-14-. The van der Waals surface area contributed by atoms with E-state index in [1.807, 2.05) is 38.1 Å². The molecule has 2 aromatic carbocycles.